The lowest BCUT2D eigenvalue weighted by Gasteiger charge is -2.33. The zero-order chi connectivity index (χ0) is 20.7. The minimum absolute atomic E-state index is 0.0381. The third-order valence-electron chi connectivity index (χ3n) is 5.63. The third-order valence-corrected chi connectivity index (χ3v) is 5.63. The van der Waals surface area contributed by atoms with E-state index in [9.17, 15) is 4.79 Å². The van der Waals surface area contributed by atoms with Crippen molar-refractivity contribution < 1.29 is 4.79 Å². The summed E-state index contributed by atoms with van der Waals surface area (Å²) >= 11 is 0. The first-order valence-corrected chi connectivity index (χ1v) is 10.3. The van der Waals surface area contributed by atoms with Gasteiger partial charge in [-0.15, -0.1) is 0 Å². The predicted molar refractivity (Wildman–Crippen MR) is 114 cm³/mol. The fourth-order valence-electron chi connectivity index (χ4n) is 3.93. The summed E-state index contributed by atoms with van der Waals surface area (Å²) in [5.41, 5.74) is 2.34. The number of amides is 1. The fourth-order valence-corrected chi connectivity index (χ4v) is 3.93. The maximum absolute atomic E-state index is 12.0. The van der Waals surface area contributed by atoms with Crippen molar-refractivity contribution in [2.45, 2.75) is 44.7 Å². The van der Waals surface area contributed by atoms with E-state index in [0.717, 1.165) is 36.2 Å². The molecule has 4 heterocycles. The summed E-state index contributed by atoms with van der Waals surface area (Å²) < 4.78 is 1.98. The first-order chi connectivity index (χ1) is 14.6. The molecule has 0 spiro atoms. The van der Waals surface area contributed by atoms with Gasteiger partial charge in [0.2, 0.25) is 11.9 Å². The molecule has 3 aromatic rings. The summed E-state index contributed by atoms with van der Waals surface area (Å²) in [7, 11) is 0. The van der Waals surface area contributed by atoms with Crippen LogP contribution in [0.2, 0.25) is 0 Å². The highest BCUT2D eigenvalue weighted by molar-refractivity contribution is 5.90. The Hall–Kier alpha value is -3.43. The normalized spacial score (nSPS) is 19.1. The second-order valence-electron chi connectivity index (χ2n) is 7.97. The van der Waals surface area contributed by atoms with Crippen molar-refractivity contribution >= 4 is 34.4 Å². The maximum Gasteiger partial charge on any atom is 0.246 e. The van der Waals surface area contributed by atoms with Gasteiger partial charge < -0.3 is 15.5 Å². The molecular weight excluding hydrogens is 382 g/mol. The van der Waals surface area contributed by atoms with Crippen LogP contribution < -0.4 is 10.6 Å². The van der Waals surface area contributed by atoms with Crippen LogP contribution in [0.15, 0.2) is 25.0 Å². The number of rotatable bonds is 6. The Labute approximate surface area is 173 Å². The lowest BCUT2D eigenvalue weighted by molar-refractivity contribution is -0.127. The first-order valence-electron chi connectivity index (χ1n) is 10.3. The van der Waals surface area contributed by atoms with Gasteiger partial charge in [0.15, 0.2) is 5.65 Å². The van der Waals surface area contributed by atoms with Crippen molar-refractivity contribution in [2.24, 2.45) is 0 Å². The molecule has 1 saturated heterocycles. The van der Waals surface area contributed by atoms with Gasteiger partial charge in [0, 0.05) is 25.3 Å². The number of aromatic amines is 1. The van der Waals surface area contributed by atoms with Crippen LogP contribution >= 0.6 is 0 Å². The van der Waals surface area contributed by atoms with Gasteiger partial charge in [0.1, 0.15) is 5.82 Å². The van der Waals surface area contributed by atoms with Crippen LogP contribution in [0.25, 0.3) is 11.0 Å². The quantitative estimate of drug-likeness (QED) is 0.538. The summed E-state index contributed by atoms with van der Waals surface area (Å²) in [5.74, 6) is 1.14. The number of likely N-dealkylation sites (tertiary alicyclic amines) is 1. The molecule has 156 valence electrons. The first kappa shape index (κ1) is 18.6. The van der Waals surface area contributed by atoms with Gasteiger partial charge in [-0.25, -0.2) is 0 Å². The van der Waals surface area contributed by atoms with Gasteiger partial charge in [0.25, 0.3) is 0 Å². The minimum Gasteiger partial charge on any atom is -0.365 e. The van der Waals surface area contributed by atoms with Crippen molar-refractivity contribution in [2.75, 3.05) is 23.7 Å². The van der Waals surface area contributed by atoms with Crippen molar-refractivity contribution in [1.29, 1.82) is 0 Å². The maximum atomic E-state index is 12.0. The molecule has 10 nitrogen and oxygen atoms in total. The zero-order valence-corrected chi connectivity index (χ0v) is 16.9. The molecule has 1 aliphatic heterocycles. The number of nitrogens with one attached hydrogen (secondary N) is 3. The highest BCUT2D eigenvalue weighted by Gasteiger charge is 2.25. The monoisotopic (exact) mass is 407 g/mol. The molecule has 1 aliphatic carbocycles. The number of hydrogen-bond acceptors (Lipinski definition) is 7. The lowest BCUT2D eigenvalue weighted by atomic mass is 10.1. The molecule has 10 heteroatoms. The van der Waals surface area contributed by atoms with Crippen LogP contribution in [0.3, 0.4) is 0 Å². The van der Waals surface area contributed by atoms with Crippen LogP contribution in [0, 0.1) is 6.92 Å². The number of carbonyl (C=O) groups is 1. The SMILES string of the molecule is C=CC(=O)N1CCC[C@@H](Nc2nc(Nc3cnn(C4CC4)c3)nc3[nH]nc(C)c23)C1. The van der Waals surface area contributed by atoms with E-state index in [1.807, 2.05) is 22.7 Å². The van der Waals surface area contributed by atoms with Gasteiger partial charge in [-0.3, -0.25) is 14.6 Å². The number of H-pyrrole nitrogens is 1. The molecule has 0 radical (unpaired) electrons. The number of hydrogen-bond donors (Lipinski definition) is 3. The van der Waals surface area contributed by atoms with Gasteiger partial charge in [-0.1, -0.05) is 6.58 Å². The van der Waals surface area contributed by atoms with E-state index in [4.69, 9.17) is 4.98 Å². The van der Waals surface area contributed by atoms with Crippen LogP contribution in [-0.2, 0) is 4.79 Å². The van der Waals surface area contributed by atoms with E-state index in [1.165, 1.54) is 18.9 Å². The van der Waals surface area contributed by atoms with Gasteiger partial charge >= 0.3 is 0 Å². The molecular formula is C20H25N9O. The number of anilines is 3. The van der Waals surface area contributed by atoms with Crippen LogP contribution in [0.5, 0.6) is 0 Å². The van der Waals surface area contributed by atoms with Crippen LogP contribution in [0.1, 0.15) is 37.4 Å². The lowest BCUT2D eigenvalue weighted by Crippen LogP contribution is -2.44. The van der Waals surface area contributed by atoms with Crippen molar-refractivity contribution in [3.05, 3.63) is 30.7 Å². The Kier molecular flexibility index (Phi) is 4.61. The molecule has 2 fully saturated rings. The van der Waals surface area contributed by atoms with Crippen LogP contribution in [0.4, 0.5) is 17.5 Å². The number of carbonyl (C=O) groups excluding carboxylic acids is 1. The number of nitrogens with zero attached hydrogens (tertiary/aromatic N) is 6. The van der Waals surface area contributed by atoms with Crippen molar-refractivity contribution in [1.82, 2.24) is 34.8 Å². The molecule has 5 rings (SSSR count). The summed E-state index contributed by atoms with van der Waals surface area (Å²) in [6, 6.07) is 0.615. The van der Waals surface area contributed by atoms with Crippen molar-refractivity contribution in [3.8, 4) is 0 Å². The predicted octanol–water partition coefficient (Wildman–Crippen LogP) is 2.53. The number of aryl methyl sites for hydroxylation is 1. The van der Waals surface area contributed by atoms with E-state index >= 15 is 0 Å². The summed E-state index contributed by atoms with van der Waals surface area (Å²) in [4.78, 5) is 23.1. The average Bonchev–Trinajstić information content (AvgIpc) is 3.39. The zero-order valence-electron chi connectivity index (χ0n) is 16.9. The number of fused-ring (bicyclic) bond motifs is 1. The fraction of sp³-hybridized carbons (Fsp3) is 0.450. The third kappa shape index (κ3) is 3.60. The highest BCUT2D eigenvalue weighted by atomic mass is 16.2. The van der Waals surface area contributed by atoms with E-state index in [-0.39, 0.29) is 11.9 Å². The highest BCUT2D eigenvalue weighted by Crippen LogP contribution is 2.35. The minimum atomic E-state index is -0.0381. The van der Waals surface area contributed by atoms with Gasteiger partial charge in [-0.05, 0) is 38.7 Å². The van der Waals surface area contributed by atoms with Gasteiger partial charge in [-0.2, -0.15) is 20.2 Å². The Morgan fingerprint density at radius 3 is 3.00 bits per heavy atom. The second kappa shape index (κ2) is 7.43. The average molecular weight is 407 g/mol. The summed E-state index contributed by atoms with van der Waals surface area (Å²) in [6.45, 7) is 6.89. The van der Waals surface area contributed by atoms with Gasteiger partial charge in [0.05, 0.1) is 29.0 Å². The molecule has 1 atom stereocenters. The number of piperidine rings is 1. The van der Waals surface area contributed by atoms with Crippen molar-refractivity contribution in [3.63, 3.8) is 0 Å². The topological polar surface area (TPSA) is 117 Å². The van der Waals surface area contributed by atoms with Crippen LogP contribution in [-0.4, -0.2) is 59.9 Å². The molecule has 0 bridgehead atoms. The summed E-state index contributed by atoms with van der Waals surface area (Å²) in [6.07, 6.45) is 9.39. The molecule has 3 N–H and O–H groups in total. The summed E-state index contributed by atoms with van der Waals surface area (Å²) in [5, 5.41) is 19.3. The smallest absolute Gasteiger partial charge is 0.246 e. The molecule has 3 aromatic heterocycles. The molecule has 0 aromatic carbocycles. The second-order valence-corrected chi connectivity index (χ2v) is 7.97. The molecule has 30 heavy (non-hydrogen) atoms. The Morgan fingerprint density at radius 1 is 1.33 bits per heavy atom. The van der Waals surface area contributed by atoms with E-state index in [1.54, 1.807) is 6.20 Å². The van der Waals surface area contributed by atoms with E-state index in [0.29, 0.717) is 30.0 Å². The molecule has 1 saturated carbocycles. The Morgan fingerprint density at radius 2 is 2.20 bits per heavy atom. The molecule has 1 amide bonds. The largest absolute Gasteiger partial charge is 0.365 e. The standard InChI is InChI=1S/C20H25N9O/c1-3-16(30)28-8-4-5-13(10-28)22-18-17-12(2)26-27-19(17)25-20(24-18)23-14-9-21-29(11-14)15-6-7-15/h3,9,11,13,15H,1,4-8,10H2,2H3,(H3,22,23,24,25,26,27)/t13-/m1/s1. The number of aromatic nitrogens is 6. The molecule has 2 aliphatic rings. The van der Waals surface area contributed by atoms with E-state index in [2.05, 4.69) is 37.5 Å². The Bertz CT molecular complexity index is 1100. The Balaban J connectivity index is 1.40. The molecule has 0 unspecified atom stereocenters. The van der Waals surface area contributed by atoms with E-state index < -0.39 is 0 Å².